The molecule has 2 rings (SSSR count). The van der Waals surface area contributed by atoms with E-state index in [1.165, 1.54) is 10.9 Å². The third-order valence-electron chi connectivity index (χ3n) is 1.79. The van der Waals surface area contributed by atoms with Gasteiger partial charge in [-0.25, -0.2) is 0 Å². The second-order valence-corrected chi connectivity index (χ2v) is 3.32. The summed E-state index contributed by atoms with van der Waals surface area (Å²) >= 11 is 2.22. The van der Waals surface area contributed by atoms with E-state index in [1.54, 1.807) is 0 Å². The third kappa shape index (κ3) is 1.39. The predicted octanol–water partition coefficient (Wildman–Crippen LogP) is 3.57. The zero-order valence-corrected chi connectivity index (χ0v) is 8.58. The lowest BCUT2D eigenvalue weighted by atomic mass is 10.2. The van der Waals surface area contributed by atoms with Crippen molar-refractivity contribution in [2.45, 2.75) is 0 Å². The van der Waals surface area contributed by atoms with Crippen molar-refractivity contribution in [2.75, 3.05) is 0 Å². The van der Waals surface area contributed by atoms with Crippen LogP contribution in [0, 0.1) is 0 Å². The summed E-state index contributed by atoms with van der Waals surface area (Å²) < 4.78 is 2.00. The van der Waals surface area contributed by atoms with E-state index in [0.717, 1.165) is 5.69 Å². The highest BCUT2D eigenvalue weighted by Crippen LogP contribution is 2.15. The summed E-state index contributed by atoms with van der Waals surface area (Å²) in [5.74, 6) is 0. The molecule has 0 fully saturated rings. The number of halogens is 1. The van der Waals surface area contributed by atoms with Gasteiger partial charge in [-0.1, -0.05) is 40.8 Å². The van der Waals surface area contributed by atoms with Crippen molar-refractivity contribution in [1.82, 2.24) is 4.98 Å². The average Bonchev–Trinajstić information content (AvgIpc) is 2.47. The Bertz CT molecular complexity index is 381. The maximum atomic E-state index is 3.30. The summed E-state index contributed by atoms with van der Waals surface area (Å²) in [5, 5.41) is 1.27. The lowest BCUT2D eigenvalue weighted by Crippen LogP contribution is -1.66. The Kier molecular flexibility index (Phi) is 2.17. The van der Waals surface area contributed by atoms with E-state index in [1.807, 2.05) is 16.2 Å². The minimum atomic E-state index is 1.16. The average molecular weight is 269 g/mol. The normalized spacial score (nSPS) is 11.4. The van der Waals surface area contributed by atoms with Gasteiger partial charge >= 0.3 is 0 Å². The largest absolute Gasteiger partial charge is 0.355 e. The molecule has 0 saturated heterocycles. The minimum absolute atomic E-state index is 1.16. The van der Waals surface area contributed by atoms with Gasteiger partial charge in [-0.15, -0.1) is 0 Å². The maximum Gasteiger partial charge on any atom is 0.0458 e. The van der Waals surface area contributed by atoms with Gasteiger partial charge in [0.05, 0.1) is 0 Å². The van der Waals surface area contributed by atoms with Crippen molar-refractivity contribution in [2.24, 2.45) is 0 Å². The Hall–Kier alpha value is -0.770. The number of aromatic amines is 1. The van der Waals surface area contributed by atoms with E-state index < -0.39 is 0 Å². The first-order valence-corrected chi connectivity index (χ1v) is 4.99. The predicted molar refractivity (Wildman–Crippen MR) is 61.4 cm³/mol. The van der Waals surface area contributed by atoms with Crippen LogP contribution in [0.25, 0.3) is 17.0 Å². The van der Waals surface area contributed by atoms with Crippen molar-refractivity contribution in [3.63, 3.8) is 0 Å². The number of hydrogen-bond acceptors (Lipinski definition) is 0. The van der Waals surface area contributed by atoms with Crippen LogP contribution < -0.4 is 0 Å². The molecule has 0 aliphatic heterocycles. The Labute approximate surface area is 84.6 Å². The Balaban J connectivity index is 2.62. The molecule has 0 saturated carbocycles. The fraction of sp³-hybridized carbons (Fsp3) is 0. The molecule has 1 N–H and O–H groups in total. The van der Waals surface area contributed by atoms with E-state index in [2.05, 4.69) is 51.8 Å². The van der Waals surface area contributed by atoms with Crippen LogP contribution in [0.3, 0.4) is 0 Å². The standard InChI is InChI=1S/C10H8IN/c11-6-5-9-7-8-3-1-2-4-10(8)12-9/h1-7,12H. The summed E-state index contributed by atoms with van der Waals surface area (Å²) in [6.07, 6.45) is 2.06. The topological polar surface area (TPSA) is 15.8 Å². The van der Waals surface area contributed by atoms with Gasteiger partial charge in [0.15, 0.2) is 0 Å². The number of para-hydroxylation sites is 1. The highest BCUT2D eigenvalue weighted by Gasteiger charge is 1.94. The fourth-order valence-electron chi connectivity index (χ4n) is 1.25. The van der Waals surface area contributed by atoms with Crippen molar-refractivity contribution in [1.29, 1.82) is 0 Å². The molecule has 0 unspecified atom stereocenters. The van der Waals surface area contributed by atoms with Crippen molar-refractivity contribution >= 4 is 39.6 Å². The molecule has 0 atom stereocenters. The maximum absolute atomic E-state index is 3.30. The fourth-order valence-corrected chi connectivity index (χ4v) is 1.64. The molecule has 0 bridgehead atoms. The Morgan fingerprint density at radius 2 is 2.08 bits per heavy atom. The summed E-state index contributed by atoms with van der Waals surface area (Å²) in [4.78, 5) is 3.30. The third-order valence-corrected chi connectivity index (χ3v) is 2.15. The monoisotopic (exact) mass is 269 g/mol. The van der Waals surface area contributed by atoms with Gasteiger partial charge in [-0.3, -0.25) is 0 Å². The molecule has 1 heterocycles. The van der Waals surface area contributed by atoms with E-state index in [0.29, 0.717) is 0 Å². The molecule has 0 radical (unpaired) electrons. The van der Waals surface area contributed by atoms with E-state index in [4.69, 9.17) is 0 Å². The molecular weight excluding hydrogens is 261 g/mol. The van der Waals surface area contributed by atoms with Crippen molar-refractivity contribution in [3.05, 3.63) is 40.1 Å². The number of H-pyrrole nitrogens is 1. The molecule has 2 heteroatoms. The molecular formula is C10H8IN. The molecule has 2 aromatic rings. The summed E-state index contributed by atoms with van der Waals surface area (Å²) in [6, 6.07) is 10.4. The van der Waals surface area contributed by atoms with Crippen LogP contribution in [-0.2, 0) is 0 Å². The molecule has 0 aliphatic rings. The Morgan fingerprint density at radius 1 is 1.25 bits per heavy atom. The van der Waals surface area contributed by atoms with Gasteiger partial charge in [-0.2, -0.15) is 0 Å². The minimum Gasteiger partial charge on any atom is -0.355 e. The zero-order valence-electron chi connectivity index (χ0n) is 6.42. The number of aromatic nitrogens is 1. The summed E-state index contributed by atoms with van der Waals surface area (Å²) in [6.45, 7) is 0. The lowest BCUT2D eigenvalue weighted by Gasteiger charge is -1.83. The van der Waals surface area contributed by atoms with Gasteiger partial charge in [0.25, 0.3) is 0 Å². The van der Waals surface area contributed by atoms with Crippen LogP contribution in [0.5, 0.6) is 0 Å². The zero-order chi connectivity index (χ0) is 8.39. The quantitative estimate of drug-likeness (QED) is 0.762. The SMILES string of the molecule is IC=Cc1cc2ccccc2[nH]1. The first kappa shape index (κ1) is 7.86. The van der Waals surface area contributed by atoms with Gasteiger partial charge in [0.1, 0.15) is 0 Å². The Morgan fingerprint density at radius 3 is 2.83 bits per heavy atom. The number of hydrogen-bond donors (Lipinski definition) is 1. The number of nitrogens with one attached hydrogen (secondary N) is 1. The number of benzene rings is 1. The molecule has 12 heavy (non-hydrogen) atoms. The number of fused-ring (bicyclic) bond motifs is 1. The second kappa shape index (κ2) is 3.31. The van der Waals surface area contributed by atoms with Crippen LogP contribution in [0.2, 0.25) is 0 Å². The van der Waals surface area contributed by atoms with Crippen LogP contribution in [0.4, 0.5) is 0 Å². The van der Waals surface area contributed by atoms with E-state index in [-0.39, 0.29) is 0 Å². The van der Waals surface area contributed by atoms with Gasteiger partial charge < -0.3 is 4.98 Å². The first-order chi connectivity index (χ1) is 5.90. The van der Waals surface area contributed by atoms with Crippen molar-refractivity contribution < 1.29 is 0 Å². The van der Waals surface area contributed by atoms with E-state index in [9.17, 15) is 0 Å². The second-order valence-electron chi connectivity index (χ2n) is 2.60. The van der Waals surface area contributed by atoms with Gasteiger partial charge in [-0.05, 0) is 27.7 Å². The van der Waals surface area contributed by atoms with Crippen LogP contribution in [0.15, 0.2) is 34.4 Å². The smallest absolute Gasteiger partial charge is 0.0458 e. The molecule has 60 valence electrons. The lowest BCUT2D eigenvalue weighted by molar-refractivity contribution is 1.43. The molecule has 0 aliphatic carbocycles. The molecule has 0 spiro atoms. The van der Waals surface area contributed by atoms with Gasteiger partial charge in [0.2, 0.25) is 0 Å². The molecule has 0 amide bonds. The van der Waals surface area contributed by atoms with E-state index >= 15 is 0 Å². The summed E-state index contributed by atoms with van der Waals surface area (Å²) in [7, 11) is 0. The van der Waals surface area contributed by atoms with Crippen LogP contribution >= 0.6 is 22.6 Å². The van der Waals surface area contributed by atoms with Gasteiger partial charge in [0, 0.05) is 11.2 Å². The van der Waals surface area contributed by atoms with Crippen LogP contribution in [0.1, 0.15) is 5.69 Å². The van der Waals surface area contributed by atoms with Crippen molar-refractivity contribution in [3.8, 4) is 0 Å². The first-order valence-electron chi connectivity index (χ1n) is 3.74. The molecule has 1 nitrogen and oxygen atoms in total. The van der Waals surface area contributed by atoms with Crippen LogP contribution in [-0.4, -0.2) is 4.98 Å². The highest BCUT2D eigenvalue weighted by atomic mass is 127. The summed E-state index contributed by atoms with van der Waals surface area (Å²) in [5.41, 5.74) is 2.35. The number of rotatable bonds is 1. The highest BCUT2D eigenvalue weighted by molar-refractivity contribution is 14.1. The molecule has 1 aromatic carbocycles. The molecule has 1 aromatic heterocycles.